The van der Waals surface area contributed by atoms with Gasteiger partial charge in [0.15, 0.2) is 0 Å². The molecule has 0 radical (unpaired) electrons. The van der Waals surface area contributed by atoms with Crippen LogP contribution in [0.3, 0.4) is 0 Å². The van der Waals surface area contributed by atoms with Gasteiger partial charge in [0.2, 0.25) is 11.8 Å². The molecule has 0 bridgehead atoms. The number of rotatable bonds is 7. The summed E-state index contributed by atoms with van der Waals surface area (Å²) in [5, 5.41) is 10.4. The number of aromatic nitrogens is 2. The van der Waals surface area contributed by atoms with E-state index in [1.54, 1.807) is 6.92 Å². The highest BCUT2D eigenvalue weighted by Crippen LogP contribution is 2.22. The van der Waals surface area contributed by atoms with Crippen LogP contribution in [0.2, 0.25) is 0 Å². The van der Waals surface area contributed by atoms with Gasteiger partial charge in [0.1, 0.15) is 11.4 Å². The molecule has 144 valence electrons. The highest BCUT2D eigenvalue weighted by Gasteiger charge is 2.24. The maximum absolute atomic E-state index is 12.3. The lowest BCUT2D eigenvalue weighted by Crippen LogP contribution is -2.39. The van der Waals surface area contributed by atoms with Crippen molar-refractivity contribution in [2.45, 2.75) is 58.0 Å². The van der Waals surface area contributed by atoms with Gasteiger partial charge in [-0.05, 0) is 44.9 Å². The molecule has 1 aromatic rings. The van der Waals surface area contributed by atoms with Crippen molar-refractivity contribution in [3.8, 4) is 0 Å². The second-order valence-corrected chi connectivity index (χ2v) is 7.28. The van der Waals surface area contributed by atoms with Crippen LogP contribution in [0.25, 0.3) is 0 Å². The molecule has 1 atom stereocenters. The Morgan fingerprint density at radius 3 is 2.69 bits per heavy atom. The molecule has 1 N–H and O–H groups in total. The minimum absolute atomic E-state index is 0.0663. The molecule has 8 heteroatoms. The first-order valence-corrected chi connectivity index (χ1v) is 9.56. The maximum atomic E-state index is 12.3. The molecule has 0 saturated carbocycles. The van der Waals surface area contributed by atoms with Gasteiger partial charge in [-0.25, -0.2) is 4.63 Å². The Bertz CT molecular complexity index is 604. The summed E-state index contributed by atoms with van der Waals surface area (Å²) in [6.07, 6.45) is 5.88. The molecule has 2 aliphatic heterocycles. The number of piperidine rings is 1. The van der Waals surface area contributed by atoms with Crippen molar-refractivity contribution < 1.29 is 19.0 Å². The molecular formula is C18H28N4O4. The summed E-state index contributed by atoms with van der Waals surface area (Å²) in [5.74, 6) is 0.674. The third-order valence-corrected chi connectivity index (χ3v) is 5.36. The molecule has 3 rings (SSSR count). The standard InChI is InChI=1S/C18H28N4O4/c1-13-16(21-26-20-13)11-18(24)22-8-6-14(7-9-22)4-5-17(23)19-12-15-3-2-10-25-15/h14-15H,2-12H2,1H3,(H,19,23)/t15-/m1/s1. The van der Waals surface area contributed by atoms with Crippen LogP contribution < -0.4 is 5.32 Å². The number of carbonyl (C=O) groups is 2. The van der Waals surface area contributed by atoms with Gasteiger partial charge >= 0.3 is 0 Å². The van der Waals surface area contributed by atoms with Gasteiger partial charge in [0.25, 0.3) is 0 Å². The molecule has 1 aromatic heterocycles. The predicted octanol–water partition coefficient (Wildman–Crippen LogP) is 1.23. The number of likely N-dealkylation sites (tertiary alicyclic amines) is 1. The first kappa shape index (κ1) is 18.8. The fourth-order valence-corrected chi connectivity index (χ4v) is 3.59. The minimum atomic E-state index is 0.0663. The summed E-state index contributed by atoms with van der Waals surface area (Å²) in [6, 6.07) is 0. The highest BCUT2D eigenvalue weighted by molar-refractivity contribution is 5.78. The van der Waals surface area contributed by atoms with Crippen LogP contribution in [-0.2, 0) is 20.7 Å². The zero-order chi connectivity index (χ0) is 18.4. The van der Waals surface area contributed by atoms with Crippen molar-refractivity contribution in [2.24, 2.45) is 5.92 Å². The SMILES string of the molecule is Cc1nonc1CC(=O)N1CCC(CCC(=O)NC[C@H]2CCCO2)CC1. The Hall–Kier alpha value is -1.96. The molecule has 2 saturated heterocycles. The monoisotopic (exact) mass is 364 g/mol. The van der Waals surface area contributed by atoms with Crippen LogP contribution in [-0.4, -0.2) is 59.4 Å². The van der Waals surface area contributed by atoms with Crippen molar-refractivity contribution in [3.05, 3.63) is 11.4 Å². The smallest absolute Gasteiger partial charge is 0.228 e. The van der Waals surface area contributed by atoms with Crippen molar-refractivity contribution in [1.82, 2.24) is 20.5 Å². The van der Waals surface area contributed by atoms with E-state index in [1.165, 1.54) is 0 Å². The van der Waals surface area contributed by atoms with E-state index < -0.39 is 0 Å². The van der Waals surface area contributed by atoms with E-state index in [0.29, 0.717) is 30.3 Å². The van der Waals surface area contributed by atoms with E-state index in [4.69, 9.17) is 4.74 Å². The van der Waals surface area contributed by atoms with Crippen molar-refractivity contribution in [2.75, 3.05) is 26.2 Å². The number of carbonyl (C=O) groups excluding carboxylic acids is 2. The van der Waals surface area contributed by atoms with Crippen LogP contribution in [0.4, 0.5) is 0 Å². The molecule has 8 nitrogen and oxygen atoms in total. The van der Waals surface area contributed by atoms with Crippen molar-refractivity contribution in [3.63, 3.8) is 0 Å². The number of amides is 2. The van der Waals surface area contributed by atoms with Gasteiger partial charge in [-0.2, -0.15) is 0 Å². The molecule has 26 heavy (non-hydrogen) atoms. The van der Waals surface area contributed by atoms with E-state index in [-0.39, 0.29) is 24.3 Å². The Kier molecular flexibility index (Phi) is 6.60. The Labute approximate surface area is 153 Å². The van der Waals surface area contributed by atoms with Gasteiger partial charge in [0, 0.05) is 32.7 Å². The largest absolute Gasteiger partial charge is 0.376 e. The average Bonchev–Trinajstić information content (AvgIpc) is 3.31. The molecule has 3 heterocycles. The summed E-state index contributed by atoms with van der Waals surface area (Å²) in [6.45, 7) is 4.71. The van der Waals surface area contributed by atoms with Crippen molar-refractivity contribution >= 4 is 11.8 Å². The van der Waals surface area contributed by atoms with E-state index in [2.05, 4.69) is 20.3 Å². The van der Waals surface area contributed by atoms with E-state index in [9.17, 15) is 9.59 Å². The Morgan fingerprint density at radius 2 is 2.04 bits per heavy atom. The topological polar surface area (TPSA) is 97.6 Å². The Balaban J connectivity index is 1.31. The van der Waals surface area contributed by atoms with Gasteiger partial charge in [0.05, 0.1) is 12.5 Å². The summed E-state index contributed by atoms with van der Waals surface area (Å²) < 4.78 is 10.2. The molecule has 0 spiro atoms. The molecule has 0 aromatic carbocycles. The number of ether oxygens (including phenoxy) is 1. The fraction of sp³-hybridized carbons (Fsp3) is 0.778. The second-order valence-electron chi connectivity index (χ2n) is 7.28. The average molecular weight is 364 g/mol. The number of nitrogens with zero attached hydrogens (tertiary/aromatic N) is 3. The number of hydrogen-bond acceptors (Lipinski definition) is 6. The highest BCUT2D eigenvalue weighted by atomic mass is 16.6. The lowest BCUT2D eigenvalue weighted by molar-refractivity contribution is -0.132. The van der Waals surface area contributed by atoms with E-state index in [1.807, 2.05) is 4.90 Å². The third kappa shape index (κ3) is 5.27. The molecular weight excluding hydrogens is 336 g/mol. The number of hydrogen-bond donors (Lipinski definition) is 1. The first-order valence-electron chi connectivity index (χ1n) is 9.56. The molecule has 2 amide bonds. The Morgan fingerprint density at radius 1 is 1.23 bits per heavy atom. The molecule has 2 aliphatic rings. The van der Waals surface area contributed by atoms with E-state index >= 15 is 0 Å². The van der Waals surface area contributed by atoms with Gasteiger partial charge in [-0.3, -0.25) is 9.59 Å². The molecule has 0 aliphatic carbocycles. The normalized spacial score (nSPS) is 21.1. The number of aryl methyl sites for hydroxylation is 1. The van der Waals surface area contributed by atoms with Crippen LogP contribution in [0.5, 0.6) is 0 Å². The van der Waals surface area contributed by atoms with Crippen LogP contribution in [0, 0.1) is 12.8 Å². The lowest BCUT2D eigenvalue weighted by Gasteiger charge is -2.32. The predicted molar refractivity (Wildman–Crippen MR) is 93.3 cm³/mol. The maximum Gasteiger partial charge on any atom is 0.228 e. The lowest BCUT2D eigenvalue weighted by atomic mass is 9.92. The summed E-state index contributed by atoms with van der Waals surface area (Å²) in [7, 11) is 0. The molecule has 0 unspecified atom stereocenters. The van der Waals surface area contributed by atoms with Gasteiger partial charge in [-0.15, -0.1) is 0 Å². The third-order valence-electron chi connectivity index (χ3n) is 5.36. The summed E-state index contributed by atoms with van der Waals surface area (Å²) >= 11 is 0. The summed E-state index contributed by atoms with van der Waals surface area (Å²) in [4.78, 5) is 26.2. The van der Waals surface area contributed by atoms with Gasteiger partial charge < -0.3 is 15.0 Å². The van der Waals surface area contributed by atoms with Gasteiger partial charge in [-0.1, -0.05) is 10.3 Å². The number of nitrogens with one attached hydrogen (secondary N) is 1. The van der Waals surface area contributed by atoms with Crippen LogP contribution in [0.15, 0.2) is 4.63 Å². The first-order chi connectivity index (χ1) is 12.6. The van der Waals surface area contributed by atoms with E-state index in [0.717, 1.165) is 51.8 Å². The minimum Gasteiger partial charge on any atom is -0.376 e. The quantitative estimate of drug-likeness (QED) is 0.782. The second kappa shape index (κ2) is 9.12. The fourth-order valence-electron chi connectivity index (χ4n) is 3.59. The van der Waals surface area contributed by atoms with Crippen LogP contribution >= 0.6 is 0 Å². The summed E-state index contributed by atoms with van der Waals surface area (Å²) in [5.41, 5.74) is 1.28. The zero-order valence-electron chi connectivity index (χ0n) is 15.4. The molecule has 2 fully saturated rings. The van der Waals surface area contributed by atoms with Crippen molar-refractivity contribution in [1.29, 1.82) is 0 Å². The zero-order valence-corrected chi connectivity index (χ0v) is 15.4. The van der Waals surface area contributed by atoms with Crippen LogP contribution in [0.1, 0.15) is 49.9 Å².